The van der Waals surface area contributed by atoms with Crippen LogP contribution in [-0.2, 0) is 14.3 Å². The average molecular weight is 864 g/mol. The molecule has 0 aromatic heterocycles. The second-order valence-corrected chi connectivity index (χ2v) is 19.4. The predicted octanol–water partition coefficient (Wildman–Crippen LogP) is 16.7. The van der Waals surface area contributed by atoms with Gasteiger partial charge < -0.3 is 20.3 Å². The quantitative estimate of drug-likeness (QED) is 0.0418. The van der Waals surface area contributed by atoms with Gasteiger partial charge in [-0.2, -0.15) is 0 Å². The molecule has 0 heterocycles. The van der Waals surface area contributed by atoms with Crippen LogP contribution in [0.2, 0.25) is 0 Å². The Hall–Kier alpha value is -1.14. The molecule has 0 bridgehead atoms. The van der Waals surface area contributed by atoms with E-state index in [4.69, 9.17) is 4.74 Å². The molecule has 3 atom stereocenters. The number of ether oxygens (including phenoxy) is 1. The van der Waals surface area contributed by atoms with Crippen LogP contribution in [0.15, 0.2) is 0 Å². The van der Waals surface area contributed by atoms with Gasteiger partial charge in [-0.05, 0) is 25.7 Å². The molecule has 0 aliphatic rings. The third-order valence-corrected chi connectivity index (χ3v) is 13.2. The monoisotopic (exact) mass is 864 g/mol. The van der Waals surface area contributed by atoms with Crippen molar-refractivity contribution >= 4 is 11.9 Å². The van der Waals surface area contributed by atoms with E-state index in [2.05, 4.69) is 26.1 Å². The van der Waals surface area contributed by atoms with Crippen LogP contribution in [0.1, 0.15) is 316 Å². The second-order valence-electron chi connectivity index (χ2n) is 19.4. The number of aliphatic hydroxyl groups excluding tert-OH is 2. The molecule has 0 saturated carbocycles. The number of hydrogen-bond donors (Lipinski definition) is 3. The zero-order valence-corrected chi connectivity index (χ0v) is 41.6. The maximum Gasteiger partial charge on any atom is 0.306 e. The fourth-order valence-corrected chi connectivity index (χ4v) is 8.96. The molecule has 364 valence electrons. The molecule has 0 radical (unpaired) electrons. The zero-order chi connectivity index (χ0) is 44.5. The van der Waals surface area contributed by atoms with Gasteiger partial charge in [-0.25, -0.2) is 0 Å². The zero-order valence-electron chi connectivity index (χ0n) is 41.6. The average Bonchev–Trinajstić information content (AvgIpc) is 3.25. The van der Waals surface area contributed by atoms with Crippen molar-refractivity contribution in [1.29, 1.82) is 0 Å². The highest BCUT2D eigenvalue weighted by molar-refractivity contribution is 5.77. The van der Waals surface area contributed by atoms with Crippen molar-refractivity contribution in [1.82, 2.24) is 5.32 Å². The first kappa shape index (κ1) is 59.9. The number of amides is 1. The molecule has 0 aromatic carbocycles. The molecule has 3 unspecified atom stereocenters. The molecule has 0 aliphatic heterocycles. The van der Waals surface area contributed by atoms with Gasteiger partial charge in [0.2, 0.25) is 5.91 Å². The molecule has 0 spiro atoms. The van der Waals surface area contributed by atoms with Gasteiger partial charge in [0.25, 0.3) is 0 Å². The number of esters is 1. The first-order valence-corrected chi connectivity index (χ1v) is 27.8. The summed E-state index contributed by atoms with van der Waals surface area (Å²) < 4.78 is 5.96. The van der Waals surface area contributed by atoms with Crippen LogP contribution >= 0.6 is 0 Å². The lowest BCUT2D eigenvalue weighted by atomic mass is 10.0. The van der Waals surface area contributed by atoms with Crippen LogP contribution in [0.4, 0.5) is 0 Å². The number of hydrogen-bond acceptors (Lipinski definition) is 5. The Kier molecular flexibility index (Phi) is 48.9. The Balaban J connectivity index is 4.48. The third kappa shape index (κ3) is 45.2. The van der Waals surface area contributed by atoms with Crippen molar-refractivity contribution in [2.24, 2.45) is 0 Å². The van der Waals surface area contributed by atoms with Gasteiger partial charge in [-0.1, -0.05) is 278 Å². The molecule has 0 fully saturated rings. The molecule has 61 heavy (non-hydrogen) atoms. The van der Waals surface area contributed by atoms with Crippen molar-refractivity contribution in [2.45, 2.75) is 334 Å². The van der Waals surface area contributed by atoms with Crippen molar-refractivity contribution in [3.8, 4) is 0 Å². The molecule has 1 amide bonds. The van der Waals surface area contributed by atoms with E-state index in [-0.39, 0.29) is 24.9 Å². The van der Waals surface area contributed by atoms with Crippen LogP contribution in [0.25, 0.3) is 0 Å². The lowest BCUT2D eigenvalue weighted by molar-refractivity contribution is -0.151. The van der Waals surface area contributed by atoms with Gasteiger partial charge in [0.15, 0.2) is 0 Å². The Morgan fingerprint density at radius 1 is 0.410 bits per heavy atom. The summed E-state index contributed by atoms with van der Waals surface area (Å²) in [5.41, 5.74) is 0. The van der Waals surface area contributed by atoms with Crippen LogP contribution in [0.5, 0.6) is 0 Å². The topological polar surface area (TPSA) is 95.9 Å². The molecular formula is C55H109NO5. The summed E-state index contributed by atoms with van der Waals surface area (Å²) >= 11 is 0. The first-order valence-electron chi connectivity index (χ1n) is 27.8. The van der Waals surface area contributed by atoms with Crippen molar-refractivity contribution < 1.29 is 24.5 Å². The Labute approximate surface area is 381 Å². The third-order valence-electron chi connectivity index (χ3n) is 13.2. The van der Waals surface area contributed by atoms with E-state index in [1.807, 2.05) is 0 Å². The fourth-order valence-electron chi connectivity index (χ4n) is 8.96. The second kappa shape index (κ2) is 49.9. The van der Waals surface area contributed by atoms with Crippen LogP contribution in [0, 0.1) is 0 Å². The maximum absolute atomic E-state index is 13.2. The van der Waals surface area contributed by atoms with Gasteiger partial charge in [-0.15, -0.1) is 0 Å². The fraction of sp³-hybridized carbons (Fsp3) is 0.964. The SMILES string of the molecule is CCCCCCCCCCCCCCCCCCC(=O)OC(CCCCCCCCCCCCCCC)CC(=O)NC(CO)C(O)CCCCCCCCCCCCCCC. The Bertz CT molecular complexity index is 882. The first-order chi connectivity index (χ1) is 30.0. The standard InChI is InChI=1S/C55H109NO5/c1-4-7-10-13-16-19-22-25-26-27-30-33-36-39-42-45-48-55(60)61-51(46-43-40-37-34-31-28-23-20-17-14-11-8-5-2)49-54(59)56-52(50-57)53(58)47-44-41-38-35-32-29-24-21-18-15-12-9-6-3/h51-53,57-58H,4-50H2,1-3H3,(H,56,59). The summed E-state index contributed by atoms with van der Waals surface area (Å²) in [7, 11) is 0. The summed E-state index contributed by atoms with van der Waals surface area (Å²) in [6.07, 6.45) is 54.5. The molecule has 0 aromatic rings. The van der Waals surface area contributed by atoms with E-state index in [9.17, 15) is 19.8 Å². The van der Waals surface area contributed by atoms with Crippen LogP contribution < -0.4 is 5.32 Å². The number of nitrogens with one attached hydrogen (secondary N) is 1. The van der Waals surface area contributed by atoms with Gasteiger partial charge in [0, 0.05) is 6.42 Å². The minimum atomic E-state index is -0.779. The number of unbranched alkanes of at least 4 members (excludes halogenated alkanes) is 39. The minimum absolute atomic E-state index is 0.0882. The lowest BCUT2D eigenvalue weighted by Gasteiger charge is -2.24. The lowest BCUT2D eigenvalue weighted by Crippen LogP contribution is -2.46. The summed E-state index contributed by atoms with van der Waals surface area (Å²) in [6, 6.07) is -0.692. The Morgan fingerprint density at radius 2 is 0.689 bits per heavy atom. The number of rotatable bonds is 51. The molecule has 6 heteroatoms. The molecular weight excluding hydrogens is 755 g/mol. The summed E-state index contributed by atoms with van der Waals surface area (Å²) in [6.45, 7) is 6.52. The largest absolute Gasteiger partial charge is 0.462 e. The van der Waals surface area contributed by atoms with Gasteiger partial charge in [-0.3, -0.25) is 9.59 Å². The predicted molar refractivity (Wildman–Crippen MR) is 264 cm³/mol. The number of aliphatic hydroxyl groups is 2. The van der Waals surface area contributed by atoms with E-state index in [1.165, 1.54) is 231 Å². The van der Waals surface area contributed by atoms with Gasteiger partial charge in [0.05, 0.1) is 25.2 Å². The van der Waals surface area contributed by atoms with E-state index >= 15 is 0 Å². The smallest absolute Gasteiger partial charge is 0.306 e. The highest BCUT2D eigenvalue weighted by Crippen LogP contribution is 2.19. The minimum Gasteiger partial charge on any atom is -0.462 e. The van der Waals surface area contributed by atoms with Crippen LogP contribution in [0.3, 0.4) is 0 Å². The van der Waals surface area contributed by atoms with E-state index in [0.29, 0.717) is 19.3 Å². The van der Waals surface area contributed by atoms with Gasteiger partial charge in [0.1, 0.15) is 6.10 Å². The van der Waals surface area contributed by atoms with Crippen LogP contribution in [-0.4, -0.2) is 46.9 Å². The highest BCUT2D eigenvalue weighted by atomic mass is 16.5. The molecule has 6 nitrogen and oxygen atoms in total. The van der Waals surface area contributed by atoms with Crippen molar-refractivity contribution in [3.05, 3.63) is 0 Å². The Morgan fingerprint density at radius 3 is 1.00 bits per heavy atom. The number of carbonyl (C=O) groups is 2. The molecule has 0 rings (SSSR count). The molecule has 0 aliphatic carbocycles. The van der Waals surface area contributed by atoms with E-state index in [1.54, 1.807) is 0 Å². The number of carbonyl (C=O) groups excluding carboxylic acids is 2. The molecule has 3 N–H and O–H groups in total. The summed E-state index contributed by atoms with van der Waals surface area (Å²) in [4.78, 5) is 26.2. The molecule has 0 saturated heterocycles. The maximum atomic E-state index is 13.2. The highest BCUT2D eigenvalue weighted by Gasteiger charge is 2.24. The summed E-state index contributed by atoms with van der Waals surface area (Å²) in [5, 5.41) is 23.8. The normalized spacial score (nSPS) is 13.1. The van der Waals surface area contributed by atoms with Crippen molar-refractivity contribution in [3.63, 3.8) is 0 Å². The van der Waals surface area contributed by atoms with Gasteiger partial charge >= 0.3 is 5.97 Å². The van der Waals surface area contributed by atoms with E-state index < -0.39 is 18.2 Å². The van der Waals surface area contributed by atoms with E-state index in [0.717, 1.165) is 38.5 Å². The summed E-state index contributed by atoms with van der Waals surface area (Å²) in [5.74, 6) is -0.447. The van der Waals surface area contributed by atoms with Crippen molar-refractivity contribution in [2.75, 3.05) is 6.61 Å².